The zero-order chi connectivity index (χ0) is 14.9. The molecule has 0 radical (unpaired) electrons. The Morgan fingerprint density at radius 3 is 2.50 bits per heavy atom. The van der Waals surface area contributed by atoms with E-state index in [1.165, 1.54) is 27.0 Å². The molecular weight excluding hydrogens is 357 g/mol. The standard InChI is InChI=1S/C12H13Cl2NO2S3/c1-8-5-12(19-10(8)6-13)20(16,17)15(2)7-9-3-4-11(14)18-9/h3-5H,6-7H2,1-2H3. The maximum absolute atomic E-state index is 12.5. The molecule has 0 aliphatic carbocycles. The van der Waals surface area contributed by atoms with Gasteiger partial charge >= 0.3 is 0 Å². The summed E-state index contributed by atoms with van der Waals surface area (Å²) in [4.78, 5) is 1.80. The molecular formula is C12H13Cl2NO2S3. The van der Waals surface area contributed by atoms with Crippen LogP contribution in [0.1, 0.15) is 15.3 Å². The third-order valence-electron chi connectivity index (χ3n) is 2.79. The van der Waals surface area contributed by atoms with Crippen LogP contribution < -0.4 is 0 Å². The van der Waals surface area contributed by atoms with Gasteiger partial charge in [-0.05, 0) is 30.7 Å². The lowest BCUT2D eigenvalue weighted by Gasteiger charge is -2.14. The molecule has 0 aliphatic rings. The summed E-state index contributed by atoms with van der Waals surface area (Å²) in [6, 6.07) is 5.28. The topological polar surface area (TPSA) is 37.4 Å². The highest BCUT2D eigenvalue weighted by molar-refractivity contribution is 7.91. The van der Waals surface area contributed by atoms with Gasteiger partial charge in [0.15, 0.2) is 0 Å². The Labute approximate surface area is 136 Å². The van der Waals surface area contributed by atoms with Crippen molar-refractivity contribution in [1.29, 1.82) is 0 Å². The van der Waals surface area contributed by atoms with Gasteiger partial charge in [0, 0.05) is 23.3 Å². The minimum atomic E-state index is -3.48. The van der Waals surface area contributed by atoms with E-state index in [-0.39, 0.29) is 0 Å². The zero-order valence-corrected chi connectivity index (χ0v) is 14.9. The van der Waals surface area contributed by atoms with Crippen LogP contribution in [0.25, 0.3) is 0 Å². The molecule has 2 aromatic heterocycles. The molecule has 2 aromatic rings. The summed E-state index contributed by atoms with van der Waals surface area (Å²) < 4.78 is 27.3. The van der Waals surface area contributed by atoms with E-state index in [1.54, 1.807) is 19.2 Å². The molecule has 0 fully saturated rings. The molecule has 0 bridgehead atoms. The Balaban J connectivity index is 2.24. The lowest BCUT2D eigenvalue weighted by Crippen LogP contribution is -2.25. The van der Waals surface area contributed by atoms with E-state index in [0.717, 1.165) is 15.3 Å². The predicted molar refractivity (Wildman–Crippen MR) is 86.6 cm³/mol. The SMILES string of the molecule is Cc1cc(S(=O)(=O)N(C)Cc2ccc(Cl)s2)sc1CCl. The molecule has 0 unspecified atom stereocenters. The molecule has 3 nitrogen and oxygen atoms in total. The molecule has 0 saturated heterocycles. The molecule has 20 heavy (non-hydrogen) atoms. The first-order chi connectivity index (χ1) is 9.34. The summed E-state index contributed by atoms with van der Waals surface area (Å²) in [6.07, 6.45) is 0. The molecule has 0 aliphatic heterocycles. The summed E-state index contributed by atoms with van der Waals surface area (Å²) in [6.45, 7) is 2.18. The molecule has 0 amide bonds. The van der Waals surface area contributed by atoms with E-state index in [9.17, 15) is 8.42 Å². The lowest BCUT2D eigenvalue weighted by atomic mass is 10.3. The van der Waals surface area contributed by atoms with Gasteiger partial charge in [-0.15, -0.1) is 34.3 Å². The average Bonchev–Trinajstić information content (AvgIpc) is 2.95. The molecule has 110 valence electrons. The number of rotatable bonds is 5. The van der Waals surface area contributed by atoms with Gasteiger partial charge in [-0.3, -0.25) is 0 Å². The number of aryl methyl sites for hydroxylation is 1. The van der Waals surface area contributed by atoms with Gasteiger partial charge in [-0.1, -0.05) is 11.6 Å². The Morgan fingerprint density at radius 1 is 1.30 bits per heavy atom. The Morgan fingerprint density at radius 2 is 2.00 bits per heavy atom. The van der Waals surface area contributed by atoms with E-state index in [0.29, 0.717) is 21.0 Å². The van der Waals surface area contributed by atoms with Crippen LogP contribution in [0.15, 0.2) is 22.4 Å². The summed E-state index contributed by atoms with van der Waals surface area (Å²) in [5.41, 5.74) is 0.913. The first-order valence-electron chi connectivity index (χ1n) is 5.70. The number of alkyl halides is 1. The van der Waals surface area contributed by atoms with Gasteiger partial charge in [0.05, 0.1) is 10.2 Å². The molecule has 0 saturated carbocycles. The molecule has 0 spiro atoms. The third-order valence-corrected chi connectivity index (χ3v) is 7.92. The first-order valence-corrected chi connectivity index (χ1v) is 9.69. The highest BCUT2D eigenvalue weighted by Crippen LogP contribution is 2.30. The third kappa shape index (κ3) is 3.37. The second-order valence-corrected chi connectivity index (χ2v) is 9.75. The number of nitrogens with zero attached hydrogens (tertiary/aromatic N) is 1. The normalized spacial score (nSPS) is 12.2. The lowest BCUT2D eigenvalue weighted by molar-refractivity contribution is 0.471. The number of sulfonamides is 1. The van der Waals surface area contributed by atoms with E-state index in [4.69, 9.17) is 23.2 Å². The molecule has 0 atom stereocenters. The first kappa shape index (κ1) is 16.3. The van der Waals surface area contributed by atoms with E-state index in [2.05, 4.69) is 0 Å². The fourth-order valence-electron chi connectivity index (χ4n) is 1.64. The Bertz CT molecular complexity index is 706. The summed E-state index contributed by atoms with van der Waals surface area (Å²) in [5.74, 6) is 0.330. The Hall–Kier alpha value is -0.110. The van der Waals surface area contributed by atoms with E-state index in [1.807, 2.05) is 13.0 Å². The largest absolute Gasteiger partial charge is 0.252 e. The van der Waals surface area contributed by atoms with Gasteiger partial charge in [-0.25, -0.2) is 8.42 Å². The van der Waals surface area contributed by atoms with Crippen molar-refractivity contribution in [2.75, 3.05) is 7.05 Å². The highest BCUT2D eigenvalue weighted by Gasteiger charge is 2.24. The quantitative estimate of drug-likeness (QED) is 0.735. The minimum Gasteiger partial charge on any atom is -0.206 e. The van der Waals surface area contributed by atoms with Crippen LogP contribution in [0.2, 0.25) is 4.34 Å². The van der Waals surface area contributed by atoms with Crippen molar-refractivity contribution in [1.82, 2.24) is 4.31 Å². The molecule has 0 N–H and O–H groups in total. The van der Waals surface area contributed by atoms with Crippen LogP contribution >= 0.6 is 45.9 Å². The molecule has 2 rings (SSSR count). The van der Waals surface area contributed by atoms with Gasteiger partial charge in [0.1, 0.15) is 4.21 Å². The fourth-order valence-corrected chi connectivity index (χ4v) is 6.04. The number of halogens is 2. The summed E-state index contributed by atoms with van der Waals surface area (Å²) in [5, 5.41) is 0. The van der Waals surface area contributed by atoms with Crippen molar-refractivity contribution in [2.24, 2.45) is 0 Å². The number of hydrogen-bond acceptors (Lipinski definition) is 4. The van der Waals surface area contributed by atoms with Crippen LogP contribution in [0, 0.1) is 6.92 Å². The van der Waals surface area contributed by atoms with Crippen molar-refractivity contribution in [3.05, 3.63) is 37.9 Å². The molecule has 0 aromatic carbocycles. The second-order valence-electron chi connectivity index (χ2n) is 4.27. The van der Waals surface area contributed by atoms with E-state index < -0.39 is 10.0 Å². The molecule has 2 heterocycles. The van der Waals surface area contributed by atoms with Crippen LogP contribution in [0.5, 0.6) is 0 Å². The van der Waals surface area contributed by atoms with Gasteiger partial charge < -0.3 is 0 Å². The predicted octanol–water partition coefficient (Wildman–Crippen LogP) is 4.33. The second kappa shape index (κ2) is 6.34. The molecule has 8 heteroatoms. The Kier molecular flexibility index (Phi) is 5.15. The van der Waals surface area contributed by atoms with Crippen LogP contribution in [-0.2, 0) is 22.4 Å². The van der Waals surface area contributed by atoms with Crippen molar-refractivity contribution in [3.63, 3.8) is 0 Å². The number of hydrogen-bond donors (Lipinski definition) is 0. The van der Waals surface area contributed by atoms with Crippen LogP contribution in [-0.4, -0.2) is 19.8 Å². The fraction of sp³-hybridized carbons (Fsp3) is 0.333. The minimum absolute atomic E-state index is 0.312. The van der Waals surface area contributed by atoms with Crippen molar-refractivity contribution < 1.29 is 8.42 Å². The van der Waals surface area contributed by atoms with Crippen LogP contribution in [0.4, 0.5) is 0 Å². The highest BCUT2D eigenvalue weighted by atomic mass is 35.5. The summed E-state index contributed by atoms with van der Waals surface area (Å²) in [7, 11) is -1.92. The van der Waals surface area contributed by atoms with Gasteiger partial charge in [-0.2, -0.15) is 4.31 Å². The number of thiophene rings is 2. The maximum atomic E-state index is 12.5. The van der Waals surface area contributed by atoms with Gasteiger partial charge in [0.25, 0.3) is 10.0 Å². The summed E-state index contributed by atoms with van der Waals surface area (Å²) >= 11 is 14.3. The van der Waals surface area contributed by atoms with Crippen molar-refractivity contribution in [3.8, 4) is 0 Å². The van der Waals surface area contributed by atoms with Gasteiger partial charge in [0.2, 0.25) is 0 Å². The zero-order valence-electron chi connectivity index (χ0n) is 10.9. The van der Waals surface area contributed by atoms with Crippen molar-refractivity contribution >= 4 is 55.9 Å². The smallest absolute Gasteiger partial charge is 0.206 e. The van der Waals surface area contributed by atoms with Crippen molar-refractivity contribution in [2.45, 2.75) is 23.6 Å². The van der Waals surface area contributed by atoms with E-state index >= 15 is 0 Å². The average molecular weight is 370 g/mol. The maximum Gasteiger partial charge on any atom is 0.252 e. The monoisotopic (exact) mass is 369 g/mol. The van der Waals surface area contributed by atoms with Crippen LogP contribution in [0.3, 0.4) is 0 Å².